The summed E-state index contributed by atoms with van der Waals surface area (Å²) >= 11 is 0. The highest BCUT2D eigenvalue weighted by Crippen LogP contribution is 2.34. The van der Waals surface area contributed by atoms with Gasteiger partial charge in [0, 0.05) is 6.04 Å². The van der Waals surface area contributed by atoms with Crippen LogP contribution in [-0.4, -0.2) is 27.2 Å². The third kappa shape index (κ3) is 4.11. The minimum atomic E-state index is -4.64. The highest BCUT2D eigenvalue weighted by atomic mass is 32.2. The molecule has 2 atom stereocenters. The molecule has 0 radical (unpaired) electrons. The first kappa shape index (κ1) is 16.6. The number of benzene rings is 1. The van der Waals surface area contributed by atoms with E-state index >= 15 is 0 Å². The van der Waals surface area contributed by atoms with Crippen molar-refractivity contribution < 1.29 is 21.6 Å². The molecule has 0 aliphatic heterocycles. The predicted molar refractivity (Wildman–Crippen MR) is 73.6 cm³/mol. The lowest BCUT2D eigenvalue weighted by Gasteiger charge is -2.12. The molecule has 1 aliphatic rings. The molecule has 22 heavy (non-hydrogen) atoms. The first-order chi connectivity index (χ1) is 10.1. The number of hydrogen-bond donors (Lipinski definition) is 2. The molecule has 1 aromatic carbocycles. The van der Waals surface area contributed by atoms with Crippen LogP contribution in [0.15, 0.2) is 23.1 Å². The molecule has 1 fully saturated rings. The van der Waals surface area contributed by atoms with E-state index in [9.17, 15) is 21.6 Å². The van der Waals surface area contributed by atoms with E-state index in [1.54, 1.807) is 0 Å². The smallest absolute Gasteiger partial charge is 0.381 e. The number of halogens is 3. The Bertz CT molecular complexity index is 710. The Kier molecular flexibility index (Phi) is 4.35. The van der Waals surface area contributed by atoms with Crippen molar-refractivity contribution in [3.05, 3.63) is 23.8 Å². The Morgan fingerprint density at radius 3 is 2.55 bits per heavy atom. The Labute approximate surface area is 126 Å². The van der Waals surface area contributed by atoms with E-state index in [4.69, 9.17) is 5.26 Å². The van der Waals surface area contributed by atoms with Crippen molar-refractivity contribution >= 4 is 15.7 Å². The zero-order chi connectivity index (χ0) is 16.5. The van der Waals surface area contributed by atoms with Crippen LogP contribution in [0.2, 0.25) is 0 Å². The number of nitrogens with one attached hydrogen (secondary N) is 2. The van der Waals surface area contributed by atoms with Crippen molar-refractivity contribution in [2.45, 2.75) is 30.5 Å². The van der Waals surface area contributed by atoms with Crippen LogP contribution in [0.4, 0.5) is 18.9 Å². The zero-order valence-electron chi connectivity index (χ0n) is 11.6. The molecule has 9 heteroatoms. The van der Waals surface area contributed by atoms with Gasteiger partial charge in [-0.05, 0) is 30.5 Å². The van der Waals surface area contributed by atoms with Crippen molar-refractivity contribution in [1.29, 1.82) is 5.26 Å². The molecule has 1 aromatic rings. The van der Waals surface area contributed by atoms with E-state index in [0.717, 1.165) is 12.5 Å². The van der Waals surface area contributed by atoms with Crippen molar-refractivity contribution in [1.82, 2.24) is 4.72 Å². The van der Waals surface area contributed by atoms with Crippen LogP contribution in [0.25, 0.3) is 0 Å². The molecule has 1 saturated carbocycles. The number of alkyl halides is 3. The number of nitriles is 1. The highest BCUT2D eigenvalue weighted by Gasteiger charge is 2.33. The SMILES string of the molecule is CC1CC1Nc1ccc(S(=O)(=O)NCC(F)(F)F)cc1C#N. The van der Waals surface area contributed by atoms with E-state index in [2.05, 4.69) is 5.32 Å². The average Bonchev–Trinajstić information content (AvgIpc) is 3.11. The van der Waals surface area contributed by atoms with Gasteiger partial charge in [0.25, 0.3) is 0 Å². The van der Waals surface area contributed by atoms with Gasteiger partial charge in [-0.3, -0.25) is 0 Å². The fourth-order valence-electron chi connectivity index (χ4n) is 1.89. The molecular formula is C13H14F3N3O2S. The molecule has 5 nitrogen and oxygen atoms in total. The molecule has 0 aromatic heterocycles. The number of rotatable bonds is 5. The molecule has 0 heterocycles. The van der Waals surface area contributed by atoms with Gasteiger partial charge in [0.15, 0.2) is 0 Å². The lowest BCUT2D eigenvalue weighted by molar-refractivity contribution is -0.121. The molecule has 0 amide bonds. The van der Waals surface area contributed by atoms with Crippen LogP contribution in [0.1, 0.15) is 18.9 Å². The number of anilines is 1. The van der Waals surface area contributed by atoms with Gasteiger partial charge >= 0.3 is 6.18 Å². The summed E-state index contributed by atoms with van der Waals surface area (Å²) < 4.78 is 61.4. The van der Waals surface area contributed by atoms with Crippen LogP contribution in [0.3, 0.4) is 0 Å². The minimum Gasteiger partial charge on any atom is -0.381 e. The van der Waals surface area contributed by atoms with Crippen molar-refractivity contribution in [3.63, 3.8) is 0 Å². The standard InChI is InChI=1S/C13H14F3N3O2S/c1-8-4-12(8)19-11-3-2-10(5-9(11)6-17)22(20,21)18-7-13(14,15)16/h2-3,5,8,12,18-19H,4,7H2,1H3. The maximum absolute atomic E-state index is 12.1. The van der Waals surface area contributed by atoms with Crippen molar-refractivity contribution in [2.24, 2.45) is 5.92 Å². The summed E-state index contributed by atoms with van der Waals surface area (Å²) in [5.74, 6) is 0.475. The van der Waals surface area contributed by atoms with E-state index in [0.29, 0.717) is 11.6 Å². The van der Waals surface area contributed by atoms with E-state index < -0.39 is 22.7 Å². The Morgan fingerprint density at radius 2 is 2.05 bits per heavy atom. The maximum Gasteiger partial charge on any atom is 0.402 e. The summed E-state index contributed by atoms with van der Waals surface area (Å²) in [7, 11) is -4.32. The lowest BCUT2D eigenvalue weighted by atomic mass is 10.2. The number of hydrogen-bond acceptors (Lipinski definition) is 4. The summed E-state index contributed by atoms with van der Waals surface area (Å²) in [6, 6.07) is 5.72. The molecule has 2 rings (SSSR count). The van der Waals surface area contributed by atoms with Gasteiger partial charge in [-0.15, -0.1) is 0 Å². The molecule has 1 aliphatic carbocycles. The third-order valence-corrected chi connectivity index (χ3v) is 4.73. The van der Waals surface area contributed by atoms with Crippen LogP contribution < -0.4 is 10.0 Å². The van der Waals surface area contributed by atoms with Crippen LogP contribution in [0, 0.1) is 17.2 Å². The van der Waals surface area contributed by atoms with Crippen LogP contribution in [0.5, 0.6) is 0 Å². The van der Waals surface area contributed by atoms with Crippen LogP contribution in [-0.2, 0) is 10.0 Å². The molecule has 2 N–H and O–H groups in total. The average molecular weight is 333 g/mol. The van der Waals surface area contributed by atoms with Gasteiger partial charge in [-0.2, -0.15) is 18.4 Å². The summed E-state index contributed by atoms with van der Waals surface area (Å²) in [5.41, 5.74) is 0.556. The van der Waals surface area contributed by atoms with Gasteiger partial charge in [-0.1, -0.05) is 6.92 Å². The van der Waals surface area contributed by atoms with E-state index in [-0.39, 0.29) is 16.5 Å². The molecule has 0 saturated heterocycles. The van der Waals surface area contributed by atoms with Gasteiger partial charge in [0.2, 0.25) is 10.0 Å². The fraction of sp³-hybridized carbons (Fsp3) is 0.462. The Balaban J connectivity index is 2.20. The fourth-order valence-corrected chi connectivity index (χ4v) is 2.93. The monoisotopic (exact) mass is 333 g/mol. The second-order valence-corrected chi connectivity index (χ2v) is 6.99. The van der Waals surface area contributed by atoms with Gasteiger partial charge < -0.3 is 5.32 Å². The molecule has 2 unspecified atom stereocenters. The second kappa shape index (κ2) is 5.78. The lowest BCUT2D eigenvalue weighted by Crippen LogP contribution is -2.33. The third-order valence-electron chi connectivity index (χ3n) is 3.33. The predicted octanol–water partition coefficient (Wildman–Crippen LogP) is 2.22. The highest BCUT2D eigenvalue weighted by molar-refractivity contribution is 7.89. The first-order valence-electron chi connectivity index (χ1n) is 6.49. The number of sulfonamides is 1. The Morgan fingerprint density at radius 1 is 1.41 bits per heavy atom. The largest absolute Gasteiger partial charge is 0.402 e. The Hall–Kier alpha value is -1.79. The normalized spacial score (nSPS) is 21.2. The molecule has 0 bridgehead atoms. The molecular weight excluding hydrogens is 319 g/mol. The summed E-state index contributed by atoms with van der Waals surface area (Å²) in [6.07, 6.45) is -3.69. The van der Waals surface area contributed by atoms with E-state index in [1.165, 1.54) is 16.9 Å². The van der Waals surface area contributed by atoms with Crippen molar-refractivity contribution in [3.8, 4) is 6.07 Å². The molecule has 120 valence electrons. The zero-order valence-corrected chi connectivity index (χ0v) is 12.4. The van der Waals surface area contributed by atoms with Crippen LogP contribution >= 0.6 is 0 Å². The second-order valence-electron chi connectivity index (χ2n) is 5.22. The summed E-state index contributed by atoms with van der Waals surface area (Å²) in [5, 5.41) is 12.2. The maximum atomic E-state index is 12.1. The van der Waals surface area contributed by atoms with Gasteiger partial charge in [0.05, 0.1) is 16.1 Å². The van der Waals surface area contributed by atoms with Gasteiger partial charge in [0.1, 0.15) is 12.6 Å². The van der Waals surface area contributed by atoms with Crippen molar-refractivity contribution in [2.75, 3.05) is 11.9 Å². The van der Waals surface area contributed by atoms with E-state index in [1.807, 2.05) is 13.0 Å². The summed E-state index contributed by atoms with van der Waals surface area (Å²) in [4.78, 5) is -0.373. The first-order valence-corrected chi connectivity index (χ1v) is 7.98. The summed E-state index contributed by atoms with van der Waals surface area (Å²) in [6.45, 7) is 0.375. The number of nitrogens with zero attached hydrogens (tertiary/aromatic N) is 1. The van der Waals surface area contributed by atoms with Gasteiger partial charge in [-0.25, -0.2) is 13.1 Å². The molecule has 0 spiro atoms. The minimum absolute atomic E-state index is 0.0778. The quantitative estimate of drug-likeness (QED) is 0.866. The topological polar surface area (TPSA) is 82.0 Å².